The second kappa shape index (κ2) is 22.1. The van der Waals surface area contributed by atoms with Crippen LogP contribution in [0, 0.1) is 16.7 Å². The van der Waals surface area contributed by atoms with E-state index in [4.69, 9.17) is 27.0 Å². The molecule has 2 aromatic carbocycles. The average Bonchev–Trinajstić information content (AvgIpc) is 3.89. The molecule has 12 nitrogen and oxygen atoms in total. The van der Waals surface area contributed by atoms with Crippen molar-refractivity contribution < 1.29 is 19.1 Å². The number of likely N-dealkylation sites (N-methyl/N-ethyl adjacent to an activating group) is 1. The summed E-state index contributed by atoms with van der Waals surface area (Å²) in [7, 11) is 1.82. The van der Waals surface area contributed by atoms with Crippen molar-refractivity contribution in [1.82, 2.24) is 20.9 Å². The number of amidine groups is 2. The quantitative estimate of drug-likeness (QED) is 0.0570. The van der Waals surface area contributed by atoms with Gasteiger partial charge in [0.05, 0.1) is 11.6 Å². The van der Waals surface area contributed by atoms with E-state index in [0.717, 1.165) is 43.4 Å². The van der Waals surface area contributed by atoms with Crippen LogP contribution in [0.5, 0.6) is 5.75 Å². The van der Waals surface area contributed by atoms with Crippen LogP contribution in [-0.2, 0) is 27.2 Å². The van der Waals surface area contributed by atoms with Gasteiger partial charge >= 0.3 is 0 Å². The highest BCUT2D eigenvalue weighted by Crippen LogP contribution is 2.33. The molecule has 1 aliphatic rings. The van der Waals surface area contributed by atoms with Crippen LogP contribution < -0.4 is 32.2 Å². The van der Waals surface area contributed by atoms with E-state index in [-0.39, 0.29) is 23.6 Å². The first-order valence-corrected chi connectivity index (χ1v) is 15.5. The smallest absolute Gasteiger partial charge is 0.239 e. The summed E-state index contributed by atoms with van der Waals surface area (Å²) >= 11 is 0. The second-order valence-electron chi connectivity index (χ2n) is 10.5. The summed E-state index contributed by atoms with van der Waals surface area (Å²) in [5.74, 6) is 1.22. The summed E-state index contributed by atoms with van der Waals surface area (Å²) in [6.07, 6.45) is 6.01. The molecule has 2 aromatic rings. The van der Waals surface area contributed by atoms with Crippen molar-refractivity contribution in [2.75, 3.05) is 39.8 Å². The minimum Gasteiger partial charge on any atom is -0.491 e. The van der Waals surface area contributed by atoms with E-state index in [9.17, 15) is 14.4 Å². The van der Waals surface area contributed by atoms with E-state index < -0.39 is 0 Å². The Bertz CT molecular complexity index is 1200. The van der Waals surface area contributed by atoms with Crippen LogP contribution in [0.15, 0.2) is 42.5 Å². The number of nitrogens with one attached hydrogen (secondary N) is 5. The summed E-state index contributed by atoms with van der Waals surface area (Å²) in [5, 5.41) is 23.4. The highest BCUT2D eigenvalue weighted by molar-refractivity contribution is 5.98. The van der Waals surface area contributed by atoms with E-state index in [2.05, 4.69) is 22.9 Å². The number of rotatable bonds is 18. The van der Waals surface area contributed by atoms with Crippen LogP contribution in [0.2, 0.25) is 0 Å². The van der Waals surface area contributed by atoms with E-state index in [1.807, 2.05) is 57.3 Å². The Kier molecular flexibility index (Phi) is 19.0. The van der Waals surface area contributed by atoms with Crippen LogP contribution >= 0.6 is 0 Å². The van der Waals surface area contributed by atoms with Gasteiger partial charge in [-0.25, -0.2) is 0 Å². The summed E-state index contributed by atoms with van der Waals surface area (Å²) in [6.45, 7) is 8.83. The molecule has 3 rings (SSSR count). The first-order chi connectivity index (χ1) is 21.6. The SMILES string of the molecule is CCN(C)C(=O)C(NCCOc1c(CCCNC=O)cccc1C(=N)N)C1CC1.CCNC=O.CCc1ccc(C(=N)N)cc1. The first kappa shape index (κ1) is 38.6. The van der Waals surface area contributed by atoms with Crippen molar-refractivity contribution in [3.63, 3.8) is 0 Å². The fourth-order valence-corrected chi connectivity index (χ4v) is 4.25. The number of para-hydroxylation sites is 1. The number of hydrogen-bond acceptors (Lipinski definition) is 7. The number of hydrogen-bond donors (Lipinski definition) is 7. The number of nitrogens with two attached hydrogens (primary N) is 2. The van der Waals surface area contributed by atoms with Crippen LogP contribution in [0.4, 0.5) is 0 Å². The molecule has 0 bridgehead atoms. The summed E-state index contributed by atoms with van der Waals surface area (Å²) in [5.41, 5.74) is 14.6. The average molecular weight is 625 g/mol. The number of benzene rings is 2. The van der Waals surface area contributed by atoms with Crippen LogP contribution in [0.25, 0.3) is 0 Å². The maximum absolute atomic E-state index is 12.5. The van der Waals surface area contributed by atoms with Crippen molar-refractivity contribution in [3.05, 3.63) is 64.7 Å². The molecule has 0 heterocycles. The number of nitrogen functional groups attached to an aromatic ring is 2. The van der Waals surface area contributed by atoms with Gasteiger partial charge in [0.2, 0.25) is 18.7 Å². The lowest BCUT2D eigenvalue weighted by molar-refractivity contribution is -0.132. The molecule has 0 aromatic heterocycles. The zero-order valence-electron chi connectivity index (χ0n) is 27.2. The Morgan fingerprint density at radius 1 is 1.00 bits per heavy atom. The molecule has 9 N–H and O–H groups in total. The molecule has 45 heavy (non-hydrogen) atoms. The first-order valence-electron chi connectivity index (χ1n) is 15.5. The third kappa shape index (κ3) is 14.7. The Hall–Kier alpha value is -4.45. The molecule has 3 amide bonds. The van der Waals surface area contributed by atoms with Crippen molar-refractivity contribution in [2.45, 2.75) is 58.9 Å². The summed E-state index contributed by atoms with van der Waals surface area (Å²) in [6, 6.07) is 13.1. The van der Waals surface area contributed by atoms with Crippen LogP contribution in [-0.4, -0.2) is 81.2 Å². The van der Waals surface area contributed by atoms with Gasteiger partial charge in [-0.3, -0.25) is 25.2 Å². The lowest BCUT2D eigenvalue weighted by atomic mass is 10.0. The maximum atomic E-state index is 12.5. The van der Waals surface area contributed by atoms with E-state index in [1.54, 1.807) is 11.0 Å². The van der Waals surface area contributed by atoms with Gasteiger partial charge in [0.25, 0.3) is 0 Å². The van der Waals surface area contributed by atoms with Gasteiger partial charge in [-0.1, -0.05) is 43.3 Å². The van der Waals surface area contributed by atoms with Gasteiger partial charge in [0, 0.05) is 38.8 Å². The Morgan fingerprint density at radius 2 is 1.67 bits per heavy atom. The number of carbonyl (C=O) groups excluding carboxylic acids is 3. The van der Waals surface area contributed by atoms with E-state index in [0.29, 0.717) is 62.7 Å². The third-order valence-electron chi connectivity index (χ3n) is 7.12. The van der Waals surface area contributed by atoms with E-state index in [1.165, 1.54) is 5.56 Å². The molecular weight excluding hydrogens is 572 g/mol. The fourth-order valence-electron chi connectivity index (χ4n) is 4.25. The Balaban J connectivity index is 0.000000517. The van der Waals surface area contributed by atoms with Gasteiger partial charge in [0.1, 0.15) is 24.0 Å². The molecule has 12 heteroatoms. The number of carbonyl (C=O) groups is 3. The van der Waals surface area contributed by atoms with Gasteiger partial charge in [-0.2, -0.15) is 0 Å². The van der Waals surface area contributed by atoms with Crippen molar-refractivity contribution in [3.8, 4) is 5.75 Å². The molecule has 0 aliphatic heterocycles. The van der Waals surface area contributed by atoms with Crippen molar-refractivity contribution in [1.29, 1.82) is 10.8 Å². The lowest BCUT2D eigenvalue weighted by Crippen LogP contribution is -2.47. The molecule has 0 saturated heterocycles. The third-order valence-corrected chi connectivity index (χ3v) is 7.12. The monoisotopic (exact) mass is 624 g/mol. The highest BCUT2D eigenvalue weighted by atomic mass is 16.5. The van der Waals surface area contributed by atoms with Gasteiger partial charge in [-0.15, -0.1) is 0 Å². The molecule has 1 atom stereocenters. The zero-order valence-corrected chi connectivity index (χ0v) is 27.2. The predicted octanol–water partition coefficient (Wildman–Crippen LogP) is 2.16. The largest absolute Gasteiger partial charge is 0.491 e. The molecule has 1 saturated carbocycles. The number of amides is 3. The normalized spacial score (nSPS) is 12.2. The topological polar surface area (TPSA) is 200 Å². The Labute approximate surface area is 267 Å². The van der Waals surface area contributed by atoms with Crippen LogP contribution in [0.3, 0.4) is 0 Å². The molecule has 0 spiro atoms. The molecule has 1 fully saturated rings. The molecular formula is C33H52N8O4. The minimum absolute atomic E-state index is 0.0450. The Morgan fingerprint density at radius 3 is 2.16 bits per heavy atom. The zero-order chi connectivity index (χ0) is 33.6. The maximum Gasteiger partial charge on any atom is 0.239 e. The molecule has 1 unspecified atom stereocenters. The molecule has 0 radical (unpaired) electrons. The second-order valence-corrected chi connectivity index (χ2v) is 10.5. The van der Waals surface area contributed by atoms with Crippen molar-refractivity contribution >= 4 is 30.4 Å². The predicted molar refractivity (Wildman–Crippen MR) is 180 cm³/mol. The number of aryl methyl sites for hydroxylation is 2. The van der Waals surface area contributed by atoms with Gasteiger partial charge in [-0.05, 0) is 69.1 Å². The van der Waals surface area contributed by atoms with E-state index >= 15 is 0 Å². The van der Waals surface area contributed by atoms with Gasteiger partial charge in [0.15, 0.2) is 0 Å². The number of ether oxygens (including phenoxy) is 1. The molecule has 1 aliphatic carbocycles. The van der Waals surface area contributed by atoms with Crippen molar-refractivity contribution in [2.24, 2.45) is 17.4 Å². The summed E-state index contributed by atoms with van der Waals surface area (Å²) in [4.78, 5) is 34.0. The van der Waals surface area contributed by atoms with Crippen LogP contribution in [0.1, 0.15) is 62.3 Å². The number of nitrogens with zero attached hydrogens (tertiary/aromatic N) is 1. The summed E-state index contributed by atoms with van der Waals surface area (Å²) < 4.78 is 6.01. The standard InChI is InChI=1S/C21H33N5O3.C9H12N2.C3H7NO/c1-3-26(2)21(28)18(15-9-10-15)25-12-13-29-19-16(7-5-11-24-14-27)6-4-8-17(19)20(22)23;1-2-7-3-5-8(6-4-7)9(10)11;1-2-4-3-5/h4,6,8,14-15,18,25H,3,5,7,9-13H2,1-2H3,(H3,22,23)(H,24,27);3-6H,2H2,1H3,(H3,10,11);3H,2H2,1H3,(H,4,5). The fraction of sp³-hybridized carbons (Fsp3) is 0.485. The minimum atomic E-state index is -0.166. The lowest BCUT2D eigenvalue weighted by Gasteiger charge is -2.24. The molecule has 248 valence electrons. The highest BCUT2D eigenvalue weighted by Gasteiger charge is 2.36. The van der Waals surface area contributed by atoms with Gasteiger partial charge < -0.3 is 37.1 Å².